The first-order chi connectivity index (χ1) is 14.7. The van der Waals surface area contributed by atoms with Gasteiger partial charge in [0.05, 0.1) is 11.6 Å². The molecule has 146 valence electrons. The van der Waals surface area contributed by atoms with Crippen molar-refractivity contribution in [3.05, 3.63) is 53.9 Å². The van der Waals surface area contributed by atoms with Gasteiger partial charge in [-0.1, -0.05) is 0 Å². The van der Waals surface area contributed by atoms with Crippen LogP contribution in [0.2, 0.25) is 0 Å². The highest BCUT2D eigenvalue weighted by molar-refractivity contribution is 7.15. The van der Waals surface area contributed by atoms with Crippen molar-refractivity contribution in [2.45, 2.75) is 6.92 Å². The number of imidazole rings is 1. The van der Waals surface area contributed by atoms with Gasteiger partial charge in [-0.25, -0.2) is 15.0 Å². The van der Waals surface area contributed by atoms with Gasteiger partial charge in [0.2, 0.25) is 0 Å². The lowest BCUT2D eigenvalue weighted by Gasteiger charge is -1.98. The molecule has 0 saturated heterocycles. The predicted molar refractivity (Wildman–Crippen MR) is 117 cm³/mol. The smallest absolute Gasteiger partial charge is 0.161 e. The summed E-state index contributed by atoms with van der Waals surface area (Å²) in [5.41, 5.74) is 6.04. The van der Waals surface area contributed by atoms with Gasteiger partial charge in [0.15, 0.2) is 17.1 Å². The number of H-pyrrole nitrogens is 2. The molecule has 0 aliphatic carbocycles. The molecule has 0 unspecified atom stereocenters. The van der Waals surface area contributed by atoms with E-state index in [9.17, 15) is 0 Å². The molecule has 9 heteroatoms. The van der Waals surface area contributed by atoms with Crippen LogP contribution in [0, 0.1) is 6.92 Å². The van der Waals surface area contributed by atoms with Crippen LogP contribution in [0.1, 0.15) is 4.88 Å². The second kappa shape index (κ2) is 6.33. The molecule has 0 atom stereocenters. The van der Waals surface area contributed by atoms with Crippen molar-refractivity contribution in [1.29, 1.82) is 0 Å². The molecule has 0 aromatic carbocycles. The first-order valence-electron chi connectivity index (χ1n) is 9.41. The van der Waals surface area contributed by atoms with Crippen molar-refractivity contribution in [2.24, 2.45) is 7.05 Å². The Morgan fingerprint density at radius 3 is 2.77 bits per heavy atom. The molecule has 6 heterocycles. The third-order valence-corrected chi connectivity index (χ3v) is 6.10. The molecule has 6 aromatic heterocycles. The van der Waals surface area contributed by atoms with E-state index in [1.165, 1.54) is 9.75 Å². The highest BCUT2D eigenvalue weighted by Gasteiger charge is 2.17. The lowest BCUT2D eigenvalue weighted by Crippen LogP contribution is -1.85. The summed E-state index contributed by atoms with van der Waals surface area (Å²) in [6, 6.07) is 8.30. The minimum atomic E-state index is 0.662. The van der Waals surface area contributed by atoms with Gasteiger partial charge in [0.1, 0.15) is 11.2 Å². The summed E-state index contributed by atoms with van der Waals surface area (Å²) < 4.78 is 1.77. The number of fused-ring (bicyclic) bond motifs is 2. The molecule has 0 radical (unpaired) electrons. The Kier molecular flexibility index (Phi) is 3.59. The number of nitrogens with one attached hydrogen (secondary N) is 2. The van der Waals surface area contributed by atoms with E-state index in [1.54, 1.807) is 22.2 Å². The van der Waals surface area contributed by atoms with E-state index in [2.05, 4.69) is 55.4 Å². The maximum Gasteiger partial charge on any atom is 0.161 e. The summed E-state index contributed by atoms with van der Waals surface area (Å²) in [7, 11) is 1.90. The van der Waals surface area contributed by atoms with Gasteiger partial charge in [-0.3, -0.25) is 9.78 Å². The minimum Gasteiger partial charge on any atom is -0.321 e. The molecule has 0 saturated carbocycles. The summed E-state index contributed by atoms with van der Waals surface area (Å²) in [6.45, 7) is 2.10. The molecule has 6 rings (SSSR count). The molecule has 0 spiro atoms. The predicted octanol–water partition coefficient (Wildman–Crippen LogP) is 4.33. The number of nitrogens with zero attached hydrogens (tertiary/aromatic N) is 6. The summed E-state index contributed by atoms with van der Waals surface area (Å²) in [5, 5.41) is 12.6. The standard InChI is InChI=1S/C21H16N8S/c1-11-3-4-16(30-11)14-5-6-22-20-17(14)25-21(26-20)18-15-7-12(8-23-19(15)28-27-18)13-9-24-29(2)10-13/h3-10H,1-2H3,(H,22,25,26)(H,23,27,28). The second-order valence-corrected chi connectivity index (χ2v) is 8.43. The first-order valence-corrected chi connectivity index (χ1v) is 10.2. The minimum absolute atomic E-state index is 0.662. The monoisotopic (exact) mass is 412 g/mol. The van der Waals surface area contributed by atoms with Crippen molar-refractivity contribution in [1.82, 2.24) is 39.9 Å². The van der Waals surface area contributed by atoms with Gasteiger partial charge >= 0.3 is 0 Å². The second-order valence-electron chi connectivity index (χ2n) is 7.15. The van der Waals surface area contributed by atoms with Gasteiger partial charge in [0, 0.05) is 52.1 Å². The molecule has 2 N–H and O–H groups in total. The lowest BCUT2D eigenvalue weighted by molar-refractivity contribution is 0.768. The van der Waals surface area contributed by atoms with Crippen molar-refractivity contribution < 1.29 is 0 Å². The Morgan fingerprint density at radius 1 is 1.03 bits per heavy atom. The van der Waals surface area contributed by atoms with Crippen LogP contribution in [0.4, 0.5) is 0 Å². The van der Waals surface area contributed by atoms with Gasteiger partial charge in [-0.05, 0) is 31.2 Å². The highest BCUT2D eigenvalue weighted by Crippen LogP contribution is 2.34. The van der Waals surface area contributed by atoms with Crippen LogP contribution in [0.25, 0.3) is 55.3 Å². The number of hydrogen-bond donors (Lipinski definition) is 2. The van der Waals surface area contributed by atoms with Crippen LogP contribution in [0.15, 0.2) is 49.1 Å². The SMILES string of the molecule is Cc1ccc(-c2ccnc3[nH]c(-c4n[nH]c5ncc(-c6cnn(C)c6)cc45)nc23)s1. The van der Waals surface area contributed by atoms with E-state index in [0.29, 0.717) is 11.5 Å². The van der Waals surface area contributed by atoms with E-state index >= 15 is 0 Å². The van der Waals surface area contributed by atoms with Gasteiger partial charge in [-0.2, -0.15) is 10.2 Å². The first kappa shape index (κ1) is 17.0. The lowest BCUT2D eigenvalue weighted by atomic mass is 10.1. The topological polar surface area (TPSA) is 101 Å². The molecular formula is C21H16N8S. The summed E-state index contributed by atoms with van der Waals surface area (Å²) in [5.74, 6) is 0.662. The van der Waals surface area contributed by atoms with Crippen LogP contribution in [0.3, 0.4) is 0 Å². The van der Waals surface area contributed by atoms with Crippen LogP contribution in [-0.2, 0) is 7.05 Å². The number of rotatable bonds is 3. The van der Waals surface area contributed by atoms with Gasteiger partial charge < -0.3 is 4.98 Å². The Bertz CT molecular complexity index is 1530. The maximum atomic E-state index is 4.86. The Balaban J connectivity index is 1.52. The van der Waals surface area contributed by atoms with Crippen molar-refractivity contribution in [3.63, 3.8) is 0 Å². The number of hydrogen-bond acceptors (Lipinski definition) is 6. The van der Waals surface area contributed by atoms with Crippen molar-refractivity contribution in [3.8, 4) is 33.1 Å². The summed E-state index contributed by atoms with van der Waals surface area (Å²) in [4.78, 5) is 19.6. The quantitative estimate of drug-likeness (QED) is 0.450. The van der Waals surface area contributed by atoms with Gasteiger partial charge in [-0.15, -0.1) is 11.3 Å². The number of pyridine rings is 2. The number of aromatic amines is 2. The van der Waals surface area contributed by atoms with Crippen molar-refractivity contribution in [2.75, 3.05) is 0 Å². The van der Waals surface area contributed by atoms with E-state index in [-0.39, 0.29) is 0 Å². The zero-order chi connectivity index (χ0) is 20.2. The summed E-state index contributed by atoms with van der Waals surface area (Å²) >= 11 is 1.75. The normalized spacial score (nSPS) is 11.7. The number of aromatic nitrogens is 8. The third-order valence-electron chi connectivity index (χ3n) is 5.07. The van der Waals surface area contributed by atoms with Crippen LogP contribution in [-0.4, -0.2) is 39.9 Å². The van der Waals surface area contributed by atoms with E-state index in [4.69, 9.17) is 4.98 Å². The fourth-order valence-electron chi connectivity index (χ4n) is 3.61. The zero-order valence-electron chi connectivity index (χ0n) is 16.2. The Morgan fingerprint density at radius 2 is 1.97 bits per heavy atom. The number of aryl methyl sites for hydroxylation is 2. The fraction of sp³-hybridized carbons (Fsp3) is 0.0952. The van der Waals surface area contributed by atoms with E-state index in [0.717, 1.165) is 38.9 Å². The van der Waals surface area contributed by atoms with Crippen LogP contribution < -0.4 is 0 Å². The molecule has 8 nitrogen and oxygen atoms in total. The fourth-order valence-corrected chi connectivity index (χ4v) is 4.51. The molecule has 6 aromatic rings. The largest absolute Gasteiger partial charge is 0.321 e. The zero-order valence-corrected chi connectivity index (χ0v) is 17.0. The molecule has 30 heavy (non-hydrogen) atoms. The highest BCUT2D eigenvalue weighted by atomic mass is 32.1. The Labute approximate surface area is 174 Å². The molecule has 0 bridgehead atoms. The molecular weight excluding hydrogens is 396 g/mol. The third kappa shape index (κ3) is 2.63. The van der Waals surface area contributed by atoms with Crippen molar-refractivity contribution >= 4 is 33.5 Å². The van der Waals surface area contributed by atoms with E-state index < -0.39 is 0 Å². The molecule has 0 aliphatic heterocycles. The van der Waals surface area contributed by atoms with Crippen LogP contribution in [0.5, 0.6) is 0 Å². The van der Waals surface area contributed by atoms with Crippen LogP contribution >= 0.6 is 11.3 Å². The summed E-state index contributed by atoms with van der Waals surface area (Å²) in [6.07, 6.45) is 7.41. The Hall–Kier alpha value is -3.85. The van der Waals surface area contributed by atoms with E-state index in [1.807, 2.05) is 31.7 Å². The van der Waals surface area contributed by atoms with Gasteiger partial charge in [0.25, 0.3) is 0 Å². The molecule has 0 amide bonds. The average molecular weight is 412 g/mol. The maximum absolute atomic E-state index is 4.86. The molecule has 0 aliphatic rings. The number of thiophene rings is 1. The average Bonchev–Trinajstić information content (AvgIpc) is 3.52. The molecule has 0 fully saturated rings.